The van der Waals surface area contributed by atoms with Crippen LogP contribution in [0.5, 0.6) is 0 Å². The molecule has 3 aromatic heterocycles. The number of para-hydroxylation sites is 4. The highest BCUT2D eigenvalue weighted by Crippen LogP contribution is 2.45. The van der Waals surface area contributed by atoms with Crippen LogP contribution in [-0.4, -0.2) is 13.7 Å². The van der Waals surface area contributed by atoms with Crippen molar-refractivity contribution < 1.29 is 0 Å². The molecular weight excluding hydrogens is 787 g/mol. The Balaban J connectivity index is 0.981. The lowest BCUT2D eigenvalue weighted by molar-refractivity contribution is 1.18. The zero-order chi connectivity index (χ0) is 42.6. The average molecular weight is 826 g/mol. The van der Waals surface area contributed by atoms with Crippen molar-refractivity contribution in [3.05, 3.63) is 237 Å². The number of hydrogen-bond donors (Lipinski definition) is 0. The molecule has 3 heterocycles. The van der Waals surface area contributed by atoms with Crippen molar-refractivity contribution in [3.8, 4) is 39.3 Å². The molecule has 14 rings (SSSR count). The molecule has 0 aliphatic carbocycles. The third kappa shape index (κ3) is 5.30. The minimum Gasteiger partial charge on any atom is -0.309 e. The van der Waals surface area contributed by atoms with Gasteiger partial charge in [0.2, 0.25) is 0 Å². The highest BCUT2D eigenvalue weighted by atomic mass is 15.0. The largest absolute Gasteiger partial charge is 0.309 e. The van der Waals surface area contributed by atoms with Gasteiger partial charge in [-0.3, -0.25) is 0 Å². The molecule has 0 atom stereocenters. The summed E-state index contributed by atoms with van der Waals surface area (Å²) in [5.41, 5.74) is 15.5. The number of aromatic nitrogens is 3. The van der Waals surface area contributed by atoms with E-state index in [1.807, 2.05) is 0 Å². The lowest BCUT2D eigenvalue weighted by Crippen LogP contribution is -1.95. The molecule has 14 aromatic rings. The summed E-state index contributed by atoms with van der Waals surface area (Å²) < 4.78 is 7.26. The number of hydrogen-bond acceptors (Lipinski definition) is 0. The zero-order valence-corrected chi connectivity index (χ0v) is 35.4. The van der Waals surface area contributed by atoms with Gasteiger partial charge in [-0.1, -0.05) is 152 Å². The summed E-state index contributed by atoms with van der Waals surface area (Å²) in [7, 11) is 0. The number of benzene rings is 11. The molecule has 0 aliphatic rings. The van der Waals surface area contributed by atoms with Crippen LogP contribution in [0.1, 0.15) is 0 Å². The van der Waals surface area contributed by atoms with Gasteiger partial charge < -0.3 is 13.7 Å². The third-order valence-electron chi connectivity index (χ3n) is 13.8. The lowest BCUT2D eigenvalue weighted by Gasteiger charge is -2.13. The summed E-state index contributed by atoms with van der Waals surface area (Å²) in [5, 5.41) is 12.6. The van der Waals surface area contributed by atoms with Gasteiger partial charge in [0.1, 0.15) is 0 Å². The van der Waals surface area contributed by atoms with E-state index in [2.05, 4.69) is 250 Å². The van der Waals surface area contributed by atoms with Crippen LogP contribution in [0.3, 0.4) is 0 Å². The lowest BCUT2D eigenvalue weighted by atomic mass is 9.93. The summed E-state index contributed by atoms with van der Waals surface area (Å²) in [6.45, 7) is 0. The van der Waals surface area contributed by atoms with Crippen LogP contribution < -0.4 is 0 Å². The molecule has 0 N–H and O–H groups in total. The van der Waals surface area contributed by atoms with E-state index < -0.39 is 0 Å². The van der Waals surface area contributed by atoms with Gasteiger partial charge >= 0.3 is 0 Å². The molecule has 0 saturated heterocycles. The van der Waals surface area contributed by atoms with Crippen molar-refractivity contribution in [1.29, 1.82) is 0 Å². The maximum atomic E-state index is 2.49. The Morgan fingerprint density at radius 3 is 1.29 bits per heavy atom. The van der Waals surface area contributed by atoms with Crippen LogP contribution in [0.15, 0.2) is 237 Å². The molecule has 0 saturated carbocycles. The summed E-state index contributed by atoms with van der Waals surface area (Å²) in [6.07, 6.45) is 0. The highest BCUT2D eigenvalue weighted by Gasteiger charge is 2.21. The SMILES string of the molecule is c1ccc(-n2c3ccccc3c3cc(-c4ccc(-n5c6ccc7ccccc7c6c6c7ccccc7c(-c7ccc8c(c7)c7ccccc7n8-c7ccccc7)cc65)cc4)ccc32)cc1. The molecule has 0 fully saturated rings. The van der Waals surface area contributed by atoms with E-state index in [1.54, 1.807) is 0 Å². The Labute approximate surface area is 374 Å². The van der Waals surface area contributed by atoms with Gasteiger partial charge in [0.15, 0.2) is 0 Å². The topological polar surface area (TPSA) is 14.8 Å². The molecule has 3 heteroatoms. The summed E-state index contributed by atoms with van der Waals surface area (Å²) in [6, 6.07) is 87.0. The smallest absolute Gasteiger partial charge is 0.0553 e. The molecule has 302 valence electrons. The summed E-state index contributed by atoms with van der Waals surface area (Å²) in [5.74, 6) is 0. The quantitative estimate of drug-likeness (QED) is 0.164. The minimum atomic E-state index is 1.13. The van der Waals surface area contributed by atoms with Gasteiger partial charge in [0.25, 0.3) is 0 Å². The molecule has 0 spiro atoms. The van der Waals surface area contributed by atoms with Crippen molar-refractivity contribution in [2.24, 2.45) is 0 Å². The van der Waals surface area contributed by atoms with Crippen LogP contribution in [-0.2, 0) is 0 Å². The first kappa shape index (κ1) is 35.9. The minimum absolute atomic E-state index is 1.13. The first-order valence-corrected chi connectivity index (χ1v) is 22.4. The average Bonchev–Trinajstić information content (AvgIpc) is 4.02. The predicted molar refractivity (Wildman–Crippen MR) is 275 cm³/mol. The Kier molecular flexibility index (Phi) is 7.69. The van der Waals surface area contributed by atoms with E-state index in [1.165, 1.54) is 115 Å². The molecule has 0 bridgehead atoms. The standard InChI is InChI=1S/C62H39N3/c1-3-16-44(17-4-1)63-55-25-13-11-22-49(55)53-37-42(30-34-57(53)63)40-27-32-46(33-28-40)65-59-36-29-41-15-7-8-20-47(41)61(59)62-51-24-10-9-21-48(51)52(39-60(62)65)43-31-35-58-54(38-43)50-23-12-14-26-56(50)64(58)45-18-5-2-6-19-45/h1-39H. The fraction of sp³-hybridized carbons (Fsp3) is 0. The summed E-state index contributed by atoms with van der Waals surface area (Å²) >= 11 is 0. The Morgan fingerprint density at radius 2 is 0.646 bits per heavy atom. The molecule has 11 aromatic carbocycles. The number of fused-ring (bicyclic) bond motifs is 13. The van der Waals surface area contributed by atoms with Crippen LogP contribution in [0.4, 0.5) is 0 Å². The van der Waals surface area contributed by atoms with Crippen molar-refractivity contribution in [2.75, 3.05) is 0 Å². The highest BCUT2D eigenvalue weighted by molar-refractivity contribution is 6.30. The predicted octanol–water partition coefficient (Wildman–Crippen LogP) is 16.6. The number of nitrogens with zero attached hydrogens (tertiary/aromatic N) is 3. The normalized spacial score (nSPS) is 12.0. The second-order valence-electron chi connectivity index (χ2n) is 17.3. The van der Waals surface area contributed by atoms with Crippen molar-refractivity contribution in [3.63, 3.8) is 0 Å². The van der Waals surface area contributed by atoms with Gasteiger partial charge in [-0.15, -0.1) is 0 Å². The van der Waals surface area contributed by atoms with E-state index >= 15 is 0 Å². The van der Waals surface area contributed by atoms with E-state index in [4.69, 9.17) is 0 Å². The Hall–Kier alpha value is -8.66. The molecule has 0 amide bonds. The molecule has 0 aliphatic heterocycles. The summed E-state index contributed by atoms with van der Waals surface area (Å²) in [4.78, 5) is 0. The molecular formula is C62H39N3. The van der Waals surface area contributed by atoms with Gasteiger partial charge in [-0.2, -0.15) is 0 Å². The Bertz CT molecular complexity index is 4210. The fourth-order valence-electron chi connectivity index (χ4n) is 11.0. The van der Waals surface area contributed by atoms with Crippen LogP contribution in [0, 0.1) is 0 Å². The first-order chi connectivity index (χ1) is 32.3. The van der Waals surface area contributed by atoms with Crippen molar-refractivity contribution >= 4 is 87.0 Å². The van der Waals surface area contributed by atoms with Crippen molar-refractivity contribution in [1.82, 2.24) is 13.7 Å². The fourth-order valence-corrected chi connectivity index (χ4v) is 11.0. The van der Waals surface area contributed by atoms with Crippen LogP contribution in [0.25, 0.3) is 126 Å². The van der Waals surface area contributed by atoms with E-state index in [-0.39, 0.29) is 0 Å². The maximum Gasteiger partial charge on any atom is 0.0553 e. The second-order valence-corrected chi connectivity index (χ2v) is 17.3. The van der Waals surface area contributed by atoms with Crippen LogP contribution in [0.2, 0.25) is 0 Å². The molecule has 65 heavy (non-hydrogen) atoms. The molecule has 0 radical (unpaired) electrons. The van der Waals surface area contributed by atoms with Gasteiger partial charge in [0, 0.05) is 49.4 Å². The van der Waals surface area contributed by atoms with Gasteiger partial charge in [-0.25, -0.2) is 0 Å². The Morgan fingerprint density at radius 1 is 0.215 bits per heavy atom. The maximum absolute atomic E-state index is 2.49. The molecule has 3 nitrogen and oxygen atoms in total. The van der Waals surface area contributed by atoms with E-state index in [0.717, 1.165) is 11.4 Å². The second kappa shape index (κ2) is 13.9. The monoisotopic (exact) mass is 825 g/mol. The van der Waals surface area contributed by atoms with Gasteiger partial charge in [-0.05, 0) is 129 Å². The van der Waals surface area contributed by atoms with Crippen LogP contribution >= 0.6 is 0 Å². The first-order valence-electron chi connectivity index (χ1n) is 22.4. The van der Waals surface area contributed by atoms with E-state index in [0.29, 0.717) is 0 Å². The zero-order valence-electron chi connectivity index (χ0n) is 35.4. The number of rotatable bonds is 5. The molecule has 0 unspecified atom stereocenters. The van der Waals surface area contributed by atoms with Gasteiger partial charge in [0.05, 0.1) is 33.1 Å². The van der Waals surface area contributed by atoms with Crippen molar-refractivity contribution in [2.45, 2.75) is 0 Å². The third-order valence-corrected chi connectivity index (χ3v) is 13.8. The van der Waals surface area contributed by atoms with E-state index in [9.17, 15) is 0 Å².